The van der Waals surface area contributed by atoms with Crippen LogP contribution in [0.5, 0.6) is 0 Å². The van der Waals surface area contributed by atoms with Gasteiger partial charge in [-0.1, -0.05) is 31.2 Å². The molecule has 7 fully saturated rings. The Morgan fingerprint density at radius 1 is 0.711 bits per heavy atom. The lowest BCUT2D eigenvalue weighted by Crippen LogP contribution is -2.39. The van der Waals surface area contributed by atoms with Crippen molar-refractivity contribution in [3.8, 4) is 0 Å². The van der Waals surface area contributed by atoms with Crippen LogP contribution in [0.3, 0.4) is 0 Å². The van der Waals surface area contributed by atoms with Crippen molar-refractivity contribution in [2.75, 3.05) is 0 Å². The lowest BCUT2D eigenvalue weighted by Gasteiger charge is -2.36. The predicted octanol–water partition coefficient (Wildman–Crippen LogP) is 8.81. The normalized spacial score (nSPS) is 48.6. The van der Waals surface area contributed by atoms with Gasteiger partial charge in [-0.3, -0.25) is 4.79 Å². The standard InChI is InChI=1S/C22H32O2.C14H20/c1-4-14-11-15(5-2)20-17-12-16(19(14)20)13-18(17)21(23)24-22(6-3)9-7-8-10-22;1-3-9-7-10(4-2)14-12-6-5-11(8-12)13(9)14/h4-5,14-20H,1-2,6-13H2,3H3;3-4,9-14H,1-2,5-8H2. The minimum atomic E-state index is -0.143. The van der Waals surface area contributed by atoms with Gasteiger partial charge in [0.25, 0.3) is 0 Å². The highest BCUT2D eigenvalue weighted by Crippen LogP contribution is 2.65. The molecule has 38 heavy (non-hydrogen) atoms. The Hall–Kier alpha value is -1.57. The van der Waals surface area contributed by atoms with Crippen LogP contribution in [0.25, 0.3) is 0 Å². The van der Waals surface area contributed by atoms with Gasteiger partial charge in [0, 0.05) is 0 Å². The van der Waals surface area contributed by atoms with Crippen molar-refractivity contribution in [3.05, 3.63) is 50.6 Å². The molecule has 2 heteroatoms. The highest BCUT2D eigenvalue weighted by atomic mass is 16.6. The maximum atomic E-state index is 13.0. The average molecular weight is 517 g/mol. The molecule has 4 bridgehead atoms. The molecule has 7 saturated carbocycles. The van der Waals surface area contributed by atoms with Crippen molar-refractivity contribution < 1.29 is 9.53 Å². The Balaban J connectivity index is 0.000000159. The number of hydrogen-bond donors (Lipinski definition) is 0. The first kappa shape index (κ1) is 26.6. The first-order valence-electron chi connectivity index (χ1n) is 16.2. The van der Waals surface area contributed by atoms with Crippen molar-refractivity contribution in [1.29, 1.82) is 0 Å². The Kier molecular flexibility index (Phi) is 7.32. The second-order valence-corrected chi connectivity index (χ2v) is 14.4. The van der Waals surface area contributed by atoms with E-state index in [1.807, 2.05) is 0 Å². The fourth-order valence-corrected chi connectivity index (χ4v) is 11.7. The number of allylic oxidation sites excluding steroid dienone is 4. The number of carbonyl (C=O) groups excluding carboxylic acids is 1. The van der Waals surface area contributed by atoms with E-state index < -0.39 is 0 Å². The van der Waals surface area contributed by atoms with Crippen LogP contribution in [0.2, 0.25) is 0 Å². The summed E-state index contributed by atoms with van der Waals surface area (Å²) in [5.74, 6) is 9.71. The maximum absolute atomic E-state index is 13.0. The third kappa shape index (κ3) is 4.14. The molecule has 2 nitrogen and oxygen atoms in total. The molecule has 0 saturated heterocycles. The van der Waals surface area contributed by atoms with Crippen LogP contribution < -0.4 is 0 Å². The van der Waals surface area contributed by atoms with Gasteiger partial charge in [-0.15, -0.1) is 26.3 Å². The molecule has 0 aromatic rings. The molecule has 0 radical (unpaired) electrons. The van der Waals surface area contributed by atoms with Crippen molar-refractivity contribution in [1.82, 2.24) is 0 Å². The van der Waals surface area contributed by atoms with Gasteiger partial charge < -0.3 is 4.74 Å². The Morgan fingerprint density at radius 2 is 1.21 bits per heavy atom. The van der Waals surface area contributed by atoms with Crippen LogP contribution >= 0.6 is 0 Å². The first-order chi connectivity index (χ1) is 18.5. The van der Waals surface area contributed by atoms with Crippen LogP contribution in [0.15, 0.2) is 50.6 Å². The van der Waals surface area contributed by atoms with E-state index in [0.29, 0.717) is 29.6 Å². The molecule has 0 spiro atoms. The molecule has 7 aliphatic carbocycles. The summed E-state index contributed by atoms with van der Waals surface area (Å²) in [5, 5.41) is 0. The summed E-state index contributed by atoms with van der Waals surface area (Å²) in [7, 11) is 0. The van der Waals surface area contributed by atoms with E-state index in [2.05, 4.69) is 57.5 Å². The summed E-state index contributed by atoms with van der Waals surface area (Å²) in [6.07, 6.45) is 23.6. The zero-order chi connectivity index (χ0) is 26.6. The number of carbonyl (C=O) groups is 1. The van der Waals surface area contributed by atoms with E-state index in [-0.39, 0.29) is 17.5 Å². The van der Waals surface area contributed by atoms with Gasteiger partial charge in [-0.05, 0) is 148 Å². The second-order valence-electron chi connectivity index (χ2n) is 14.4. The van der Waals surface area contributed by atoms with Crippen molar-refractivity contribution in [3.63, 3.8) is 0 Å². The van der Waals surface area contributed by atoms with Gasteiger partial charge in [0.1, 0.15) is 5.60 Å². The summed E-state index contributed by atoms with van der Waals surface area (Å²) in [6.45, 7) is 18.4. The smallest absolute Gasteiger partial charge is 0.309 e. The van der Waals surface area contributed by atoms with Gasteiger partial charge in [0.15, 0.2) is 0 Å². The molecule has 7 aliphatic rings. The topological polar surface area (TPSA) is 26.3 Å². The highest BCUT2D eigenvalue weighted by molar-refractivity contribution is 5.74. The molecule has 0 heterocycles. The quantitative estimate of drug-likeness (QED) is 0.250. The highest BCUT2D eigenvalue weighted by Gasteiger charge is 2.61. The summed E-state index contributed by atoms with van der Waals surface area (Å²) >= 11 is 0. The van der Waals surface area contributed by atoms with Crippen molar-refractivity contribution >= 4 is 5.97 Å². The molecule has 0 aromatic heterocycles. The van der Waals surface area contributed by atoms with E-state index >= 15 is 0 Å². The fraction of sp³-hybridized carbons (Fsp3) is 0.750. The summed E-state index contributed by atoms with van der Waals surface area (Å²) in [6, 6.07) is 0. The molecular weight excluding hydrogens is 464 g/mol. The van der Waals surface area contributed by atoms with Gasteiger partial charge >= 0.3 is 5.97 Å². The lowest BCUT2D eigenvalue weighted by molar-refractivity contribution is -0.168. The minimum Gasteiger partial charge on any atom is -0.459 e. The van der Waals surface area contributed by atoms with Gasteiger partial charge in [0.05, 0.1) is 5.92 Å². The third-order valence-corrected chi connectivity index (χ3v) is 13.2. The SMILES string of the molecule is C=CC1CC(C=C)C2C3CC(CC3C(=O)OC3(CC)CCCC3)C12.C=CC1CC(C=C)C2C3CCC(C3)C12. The minimum absolute atomic E-state index is 0.120. The van der Waals surface area contributed by atoms with Crippen molar-refractivity contribution in [2.24, 2.45) is 76.9 Å². The largest absolute Gasteiger partial charge is 0.459 e. The summed E-state index contributed by atoms with van der Waals surface area (Å²) < 4.78 is 6.17. The van der Waals surface area contributed by atoms with Crippen LogP contribution in [0.4, 0.5) is 0 Å². The number of ether oxygens (including phenoxy) is 1. The molecular formula is C36H52O2. The number of rotatable bonds is 7. The Labute approximate surface area is 232 Å². The molecule has 0 aliphatic heterocycles. The number of esters is 1. The maximum Gasteiger partial charge on any atom is 0.309 e. The molecule has 7 rings (SSSR count). The van der Waals surface area contributed by atoms with E-state index in [1.165, 1.54) is 51.4 Å². The average Bonchev–Trinajstić information content (AvgIpc) is 3.77. The summed E-state index contributed by atoms with van der Waals surface area (Å²) in [4.78, 5) is 13.0. The molecule has 0 N–H and O–H groups in total. The van der Waals surface area contributed by atoms with Crippen LogP contribution in [-0.2, 0) is 9.53 Å². The molecule has 13 atom stereocenters. The monoisotopic (exact) mass is 516 g/mol. The first-order valence-corrected chi connectivity index (χ1v) is 16.2. The molecule has 13 unspecified atom stereocenters. The fourth-order valence-electron chi connectivity index (χ4n) is 11.7. The predicted molar refractivity (Wildman–Crippen MR) is 156 cm³/mol. The second kappa shape index (κ2) is 10.4. The lowest BCUT2D eigenvalue weighted by atomic mass is 9.71. The van der Waals surface area contributed by atoms with Crippen LogP contribution in [0.1, 0.15) is 84.0 Å². The van der Waals surface area contributed by atoms with Crippen LogP contribution in [0, 0.1) is 76.9 Å². The summed E-state index contributed by atoms with van der Waals surface area (Å²) in [5.41, 5.74) is -0.143. The van der Waals surface area contributed by atoms with E-state index in [9.17, 15) is 4.79 Å². The van der Waals surface area contributed by atoms with Crippen molar-refractivity contribution in [2.45, 2.75) is 89.6 Å². The zero-order valence-electron chi connectivity index (χ0n) is 23.9. The molecule has 0 aromatic carbocycles. The van der Waals surface area contributed by atoms with Gasteiger partial charge in [-0.25, -0.2) is 0 Å². The Morgan fingerprint density at radius 3 is 1.71 bits per heavy atom. The van der Waals surface area contributed by atoms with Gasteiger partial charge in [-0.2, -0.15) is 0 Å². The third-order valence-electron chi connectivity index (χ3n) is 13.2. The van der Waals surface area contributed by atoms with E-state index in [4.69, 9.17) is 4.74 Å². The number of hydrogen-bond acceptors (Lipinski definition) is 2. The van der Waals surface area contributed by atoms with E-state index in [1.54, 1.807) is 0 Å². The Bertz CT molecular complexity index is 915. The molecule has 208 valence electrons. The number of fused-ring (bicyclic) bond motifs is 10. The van der Waals surface area contributed by atoms with Crippen LogP contribution in [-0.4, -0.2) is 11.6 Å². The van der Waals surface area contributed by atoms with E-state index in [0.717, 1.165) is 67.1 Å². The molecule has 0 amide bonds. The zero-order valence-corrected chi connectivity index (χ0v) is 23.9. The van der Waals surface area contributed by atoms with Gasteiger partial charge in [0.2, 0.25) is 0 Å².